The van der Waals surface area contributed by atoms with Gasteiger partial charge in [0.15, 0.2) is 5.65 Å². The number of rotatable bonds is 4. The standard InChI is InChI=1S/C25H26N4O/c1-18-22(17-20-9-5-3-6-10-20)25(28-13-15-30-16-14-28)29-24(26-18)23(19(2)27-29)21-11-7-4-8-12-21/h3-12H,13-17H2,1-2H3. The highest BCUT2D eigenvalue weighted by Gasteiger charge is 2.24. The van der Waals surface area contributed by atoms with Crippen molar-refractivity contribution in [3.63, 3.8) is 0 Å². The van der Waals surface area contributed by atoms with Gasteiger partial charge >= 0.3 is 0 Å². The van der Waals surface area contributed by atoms with Gasteiger partial charge in [-0.15, -0.1) is 0 Å². The Bertz CT molecular complexity index is 1160. The van der Waals surface area contributed by atoms with Gasteiger partial charge in [-0.05, 0) is 25.0 Å². The highest BCUT2D eigenvalue weighted by molar-refractivity contribution is 5.81. The van der Waals surface area contributed by atoms with Crippen molar-refractivity contribution in [2.24, 2.45) is 0 Å². The van der Waals surface area contributed by atoms with Crippen LogP contribution in [-0.2, 0) is 11.2 Å². The Balaban J connectivity index is 1.74. The molecule has 1 aliphatic rings. The van der Waals surface area contributed by atoms with E-state index in [9.17, 15) is 0 Å². The molecule has 0 radical (unpaired) electrons. The van der Waals surface area contributed by atoms with E-state index in [-0.39, 0.29) is 0 Å². The zero-order chi connectivity index (χ0) is 20.5. The van der Waals surface area contributed by atoms with Crippen molar-refractivity contribution in [2.75, 3.05) is 31.2 Å². The lowest BCUT2D eigenvalue weighted by atomic mass is 10.0. The fraction of sp³-hybridized carbons (Fsp3) is 0.280. The minimum Gasteiger partial charge on any atom is -0.378 e. The predicted molar refractivity (Wildman–Crippen MR) is 120 cm³/mol. The smallest absolute Gasteiger partial charge is 0.165 e. The number of anilines is 1. The molecule has 152 valence electrons. The quantitative estimate of drug-likeness (QED) is 0.510. The summed E-state index contributed by atoms with van der Waals surface area (Å²) in [6.07, 6.45) is 0.835. The second kappa shape index (κ2) is 7.92. The Morgan fingerprint density at radius 3 is 2.23 bits per heavy atom. The van der Waals surface area contributed by atoms with Crippen LogP contribution in [0.15, 0.2) is 60.7 Å². The van der Waals surface area contributed by atoms with E-state index in [2.05, 4.69) is 77.9 Å². The highest BCUT2D eigenvalue weighted by atomic mass is 16.5. The van der Waals surface area contributed by atoms with Gasteiger partial charge in [-0.1, -0.05) is 60.7 Å². The van der Waals surface area contributed by atoms with Crippen molar-refractivity contribution in [1.82, 2.24) is 14.6 Å². The van der Waals surface area contributed by atoms with Gasteiger partial charge in [-0.25, -0.2) is 4.98 Å². The SMILES string of the molecule is Cc1nc2c(-c3ccccc3)c(C)nn2c(N2CCOCC2)c1Cc1ccccc1. The minimum absolute atomic E-state index is 0.736. The van der Waals surface area contributed by atoms with Crippen LogP contribution < -0.4 is 4.90 Å². The van der Waals surface area contributed by atoms with E-state index in [1.54, 1.807) is 0 Å². The van der Waals surface area contributed by atoms with E-state index < -0.39 is 0 Å². The fourth-order valence-corrected chi connectivity index (χ4v) is 4.33. The van der Waals surface area contributed by atoms with E-state index >= 15 is 0 Å². The largest absolute Gasteiger partial charge is 0.378 e. The monoisotopic (exact) mass is 398 g/mol. The third kappa shape index (κ3) is 3.35. The molecule has 0 N–H and O–H groups in total. The summed E-state index contributed by atoms with van der Waals surface area (Å²) in [4.78, 5) is 7.47. The molecule has 0 unspecified atom stereocenters. The van der Waals surface area contributed by atoms with Crippen molar-refractivity contribution in [1.29, 1.82) is 0 Å². The molecule has 5 heteroatoms. The molecule has 0 saturated carbocycles. The van der Waals surface area contributed by atoms with Gasteiger partial charge < -0.3 is 9.64 Å². The van der Waals surface area contributed by atoms with Gasteiger partial charge in [0.05, 0.1) is 18.9 Å². The normalized spacial score (nSPS) is 14.4. The summed E-state index contributed by atoms with van der Waals surface area (Å²) in [6, 6.07) is 21.0. The molecule has 1 fully saturated rings. The molecule has 5 rings (SSSR count). The molecule has 2 aromatic carbocycles. The van der Waals surface area contributed by atoms with E-state index in [4.69, 9.17) is 14.8 Å². The van der Waals surface area contributed by atoms with Crippen molar-refractivity contribution < 1.29 is 4.74 Å². The summed E-state index contributed by atoms with van der Waals surface area (Å²) in [5.74, 6) is 1.15. The number of hydrogen-bond acceptors (Lipinski definition) is 4. The number of aromatic nitrogens is 3. The molecule has 0 amide bonds. The van der Waals surface area contributed by atoms with Crippen LogP contribution >= 0.6 is 0 Å². The molecule has 5 nitrogen and oxygen atoms in total. The van der Waals surface area contributed by atoms with Crippen molar-refractivity contribution in [2.45, 2.75) is 20.3 Å². The zero-order valence-electron chi connectivity index (χ0n) is 17.5. The van der Waals surface area contributed by atoms with Crippen LogP contribution in [0.3, 0.4) is 0 Å². The van der Waals surface area contributed by atoms with Crippen LogP contribution in [0, 0.1) is 13.8 Å². The van der Waals surface area contributed by atoms with Crippen LogP contribution in [-0.4, -0.2) is 40.9 Å². The first-order chi connectivity index (χ1) is 14.7. The summed E-state index contributed by atoms with van der Waals surface area (Å²) >= 11 is 0. The maximum Gasteiger partial charge on any atom is 0.165 e. The van der Waals surface area contributed by atoms with Crippen LogP contribution in [0.1, 0.15) is 22.5 Å². The molecule has 0 aliphatic carbocycles. The number of hydrogen-bond donors (Lipinski definition) is 0. The Morgan fingerprint density at radius 1 is 0.867 bits per heavy atom. The summed E-state index contributed by atoms with van der Waals surface area (Å²) in [7, 11) is 0. The Hall–Kier alpha value is -3.18. The lowest BCUT2D eigenvalue weighted by Crippen LogP contribution is -2.38. The van der Waals surface area contributed by atoms with Crippen molar-refractivity contribution in [3.05, 3.63) is 83.2 Å². The maximum atomic E-state index is 5.63. The average Bonchev–Trinajstić information content (AvgIpc) is 3.11. The third-order valence-corrected chi connectivity index (χ3v) is 5.81. The Labute approximate surface area is 176 Å². The third-order valence-electron chi connectivity index (χ3n) is 5.81. The lowest BCUT2D eigenvalue weighted by Gasteiger charge is -2.31. The van der Waals surface area contributed by atoms with Gasteiger partial charge in [-0.3, -0.25) is 0 Å². The lowest BCUT2D eigenvalue weighted by molar-refractivity contribution is 0.122. The zero-order valence-corrected chi connectivity index (χ0v) is 17.5. The number of fused-ring (bicyclic) bond motifs is 1. The maximum absolute atomic E-state index is 5.63. The summed E-state index contributed by atoms with van der Waals surface area (Å²) in [5.41, 5.74) is 7.76. The molecule has 0 spiro atoms. The molecular formula is C25H26N4O. The molecule has 4 aromatic rings. The number of benzene rings is 2. The molecule has 1 aliphatic heterocycles. The first-order valence-electron chi connectivity index (χ1n) is 10.5. The Morgan fingerprint density at radius 2 is 1.53 bits per heavy atom. The minimum atomic E-state index is 0.736. The van der Waals surface area contributed by atoms with Gasteiger partial charge in [0.1, 0.15) is 5.82 Å². The molecule has 1 saturated heterocycles. The second-order valence-electron chi connectivity index (χ2n) is 7.82. The van der Waals surface area contributed by atoms with Gasteiger partial charge in [0.2, 0.25) is 0 Å². The second-order valence-corrected chi connectivity index (χ2v) is 7.82. The predicted octanol–water partition coefficient (Wildman–Crippen LogP) is 4.44. The number of aryl methyl sites for hydroxylation is 2. The molecular weight excluding hydrogens is 372 g/mol. The molecule has 2 aromatic heterocycles. The summed E-state index contributed by atoms with van der Waals surface area (Å²) in [5, 5.41) is 4.98. The topological polar surface area (TPSA) is 42.7 Å². The summed E-state index contributed by atoms with van der Waals surface area (Å²) < 4.78 is 7.70. The fourth-order valence-electron chi connectivity index (χ4n) is 4.33. The van der Waals surface area contributed by atoms with Gasteiger partial charge in [0.25, 0.3) is 0 Å². The number of nitrogens with zero attached hydrogens (tertiary/aromatic N) is 4. The first-order valence-corrected chi connectivity index (χ1v) is 10.5. The van der Waals surface area contributed by atoms with E-state index in [0.717, 1.165) is 66.7 Å². The van der Waals surface area contributed by atoms with Crippen LogP contribution in [0.2, 0.25) is 0 Å². The van der Waals surface area contributed by atoms with E-state index in [1.165, 1.54) is 11.1 Å². The van der Waals surface area contributed by atoms with Crippen molar-refractivity contribution in [3.8, 4) is 11.1 Å². The molecule has 0 atom stereocenters. The Kier molecular flexibility index (Phi) is 4.97. The molecule has 3 heterocycles. The van der Waals surface area contributed by atoms with Crippen LogP contribution in [0.4, 0.5) is 5.82 Å². The van der Waals surface area contributed by atoms with Gasteiger partial charge in [0, 0.05) is 36.3 Å². The van der Waals surface area contributed by atoms with E-state index in [0.29, 0.717) is 0 Å². The number of ether oxygens (including phenoxy) is 1. The van der Waals surface area contributed by atoms with Gasteiger partial charge in [-0.2, -0.15) is 9.61 Å². The summed E-state index contributed by atoms with van der Waals surface area (Å²) in [6.45, 7) is 7.39. The molecule has 30 heavy (non-hydrogen) atoms. The molecule has 0 bridgehead atoms. The van der Waals surface area contributed by atoms with Crippen LogP contribution in [0.5, 0.6) is 0 Å². The average molecular weight is 399 g/mol. The highest BCUT2D eigenvalue weighted by Crippen LogP contribution is 2.33. The van der Waals surface area contributed by atoms with Crippen molar-refractivity contribution >= 4 is 11.5 Å². The van der Waals surface area contributed by atoms with Crippen LogP contribution in [0.25, 0.3) is 16.8 Å². The number of morpholine rings is 1. The van der Waals surface area contributed by atoms with E-state index in [1.807, 2.05) is 6.07 Å². The first kappa shape index (κ1) is 18.8.